The molecule has 280 valence electrons. The highest BCUT2D eigenvalue weighted by molar-refractivity contribution is 6.12. The van der Waals surface area contributed by atoms with Gasteiger partial charge in [-0.05, 0) is 127 Å². The molecule has 1 heterocycles. The molecule has 59 heavy (non-hydrogen) atoms. The molecule has 0 radical (unpaired) electrons. The van der Waals surface area contributed by atoms with Gasteiger partial charge in [0.1, 0.15) is 11.2 Å². The van der Waals surface area contributed by atoms with Crippen molar-refractivity contribution in [1.82, 2.24) is 0 Å². The Balaban J connectivity index is 0.999. The van der Waals surface area contributed by atoms with Crippen LogP contribution < -0.4 is 4.90 Å². The predicted octanol–water partition coefficient (Wildman–Crippen LogP) is 16.0. The SMILES string of the molecule is CC1(C)c2ccc(-c3ccc(N(c4cccc(-c5ccccc5)c4)c4cccc(-c5cccc6oc7ccccc7c56)c4)cc3)cc2-c2ccc(-c3ccccc3)cc21. The minimum absolute atomic E-state index is 0.0859. The van der Waals surface area contributed by atoms with Gasteiger partial charge in [-0.15, -0.1) is 0 Å². The first-order valence-corrected chi connectivity index (χ1v) is 20.4. The Labute approximate surface area is 345 Å². The standard InChI is InChI=1S/C57H41NO/c1-57(2)52-33-29-42(36-51(52)49-32-28-43(37-53(49)57)39-16-7-4-8-17-39)40-26-30-45(31-27-40)58(46-20-11-18-41(34-46)38-14-5-3-6-15-38)47-21-12-19-44(35-47)48-23-13-25-55-56(48)50-22-9-10-24-54(50)59-55/h3-37H,1-2H3. The third-order valence-electron chi connectivity index (χ3n) is 12.3. The lowest BCUT2D eigenvalue weighted by Crippen LogP contribution is -2.15. The molecule has 0 spiro atoms. The van der Waals surface area contributed by atoms with Crippen LogP contribution in [0.25, 0.3) is 77.6 Å². The summed E-state index contributed by atoms with van der Waals surface area (Å²) < 4.78 is 6.30. The lowest BCUT2D eigenvalue weighted by molar-refractivity contribution is 0.660. The minimum Gasteiger partial charge on any atom is -0.456 e. The number of benzene rings is 9. The van der Waals surface area contributed by atoms with Crippen molar-refractivity contribution in [2.24, 2.45) is 0 Å². The molecule has 0 unspecified atom stereocenters. The highest BCUT2D eigenvalue weighted by atomic mass is 16.3. The van der Waals surface area contributed by atoms with Crippen LogP contribution in [0.5, 0.6) is 0 Å². The van der Waals surface area contributed by atoms with E-state index in [-0.39, 0.29) is 5.41 Å². The second kappa shape index (κ2) is 13.9. The molecule has 1 aliphatic carbocycles. The highest BCUT2D eigenvalue weighted by Gasteiger charge is 2.35. The molecule has 0 bridgehead atoms. The second-order valence-electron chi connectivity index (χ2n) is 16.1. The van der Waals surface area contributed by atoms with Crippen molar-refractivity contribution in [2.75, 3.05) is 4.90 Å². The van der Waals surface area contributed by atoms with E-state index in [1.165, 1.54) is 55.6 Å². The van der Waals surface area contributed by atoms with E-state index in [0.717, 1.165) is 50.1 Å². The second-order valence-corrected chi connectivity index (χ2v) is 16.1. The first kappa shape index (κ1) is 34.8. The van der Waals surface area contributed by atoms with Crippen LogP contribution in [0.2, 0.25) is 0 Å². The Bertz CT molecular complexity index is 3170. The van der Waals surface area contributed by atoms with Gasteiger partial charge < -0.3 is 9.32 Å². The molecule has 0 amide bonds. The molecular formula is C57H41NO. The molecule has 2 nitrogen and oxygen atoms in total. The summed E-state index contributed by atoms with van der Waals surface area (Å²) in [7, 11) is 0. The van der Waals surface area contributed by atoms with E-state index < -0.39 is 0 Å². The van der Waals surface area contributed by atoms with Crippen molar-refractivity contribution in [3.63, 3.8) is 0 Å². The largest absolute Gasteiger partial charge is 0.456 e. The number of para-hydroxylation sites is 1. The Morgan fingerprint density at radius 3 is 1.63 bits per heavy atom. The Morgan fingerprint density at radius 1 is 0.339 bits per heavy atom. The van der Waals surface area contributed by atoms with Gasteiger partial charge in [-0.3, -0.25) is 0 Å². The molecule has 9 aromatic carbocycles. The van der Waals surface area contributed by atoms with Crippen LogP contribution in [0.3, 0.4) is 0 Å². The molecule has 11 rings (SSSR count). The average Bonchev–Trinajstić information content (AvgIpc) is 3.79. The first-order chi connectivity index (χ1) is 29.0. The maximum atomic E-state index is 6.30. The smallest absolute Gasteiger partial charge is 0.136 e. The van der Waals surface area contributed by atoms with Gasteiger partial charge in [0.25, 0.3) is 0 Å². The van der Waals surface area contributed by atoms with E-state index in [2.05, 4.69) is 219 Å². The number of furan rings is 1. The van der Waals surface area contributed by atoms with Crippen LogP contribution in [-0.4, -0.2) is 0 Å². The summed E-state index contributed by atoms with van der Waals surface area (Å²) in [6.45, 7) is 4.71. The van der Waals surface area contributed by atoms with E-state index in [4.69, 9.17) is 4.42 Å². The van der Waals surface area contributed by atoms with Gasteiger partial charge in [0.05, 0.1) is 0 Å². The van der Waals surface area contributed by atoms with Gasteiger partial charge in [0, 0.05) is 33.2 Å². The first-order valence-electron chi connectivity index (χ1n) is 20.4. The predicted molar refractivity (Wildman–Crippen MR) is 248 cm³/mol. The summed E-state index contributed by atoms with van der Waals surface area (Å²) in [4.78, 5) is 2.37. The molecule has 2 heteroatoms. The molecule has 0 fully saturated rings. The van der Waals surface area contributed by atoms with Gasteiger partial charge in [0.15, 0.2) is 0 Å². The van der Waals surface area contributed by atoms with Crippen molar-refractivity contribution < 1.29 is 4.42 Å². The Kier molecular flexibility index (Phi) is 8.20. The lowest BCUT2D eigenvalue weighted by atomic mass is 9.81. The summed E-state index contributed by atoms with van der Waals surface area (Å²) in [5, 5.41) is 2.27. The molecule has 0 aliphatic heterocycles. The zero-order chi connectivity index (χ0) is 39.5. The minimum atomic E-state index is -0.0859. The zero-order valence-electron chi connectivity index (χ0n) is 33.1. The van der Waals surface area contributed by atoms with Crippen LogP contribution in [0.15, 0.2) is 217 Å². The maximum Gasteiger partial charge on any atom is 0.136 e. The topological polar surface area (TPSA) is 16.4 Å². The van der Waals surface area contributed by atoms with Crippen molar-refractivity contribution >= 4 is 39.0 Å². The Hall–Kier alpha value is -7.42. The fourth-order valence-corrected chi connectivity index (χ4v) is 9.28. The molecule has 1 aromatic heterocycles. The quantitative estimate of drug-likeness (QED) is 0.161. The van der Waals surface area contributed by atoms with Gasteiger partial charge >= 0.3 is 0 Å². The van der Waals surface area contributed by atoms with Crippen LogP contribution >= 0.6 is 0 Å². The Morgan fingerprint density at radius 2 is 0.881 bits per heavy atom. The number of hydrogen-bond acceptors (Lipinski definition) is 2. The van der Waals surface area contributed by atoms with Crippen molar-refractivity contribution in [2.45, 2.75) is 19.3 Å². The van der Waals surface area contributed by atoms with E-state index in [1.54, 1.807) is 0 Å². The average molecular weight is 756 g/mol. The van der Waals surface area contributed by atoms with Crippen molar-refractivity contribution in [3.05, 3.63) is 223 Å². The summed E-state index contributed by atoms with van der Waals surface area (Å²) >= 11 is 0. The van der Waals surface area contributed by atoms with Crippen LogP contribution in [0.4, 0.5) is 17.1 Å². The van der Waals surface area contributed by atoms with Crippen LogP contribution in [0, 0.1) is 0 Å². The normalized spacial score (nSPS) is 12.7. The molecule has 1 aliphatic rings. The van der Waals surface area contributed by atoms with Gasteiger partial charge in [-0.2, -0.15) is 0 Å². The van der Waals surface area contributed by atoms with E-state index in [0.29, 0.717) is 0 Å². The number of nitrogens with zero attached hydrogens (tertiary/aromatic N) is 1. The molecule has 10 aromatic rings. The maximum absolute atomic E-state index is 6.30. The van der Waals surface area contributed by atoms with E-state index in [9.17, 15) is 0 Å². The lowest BCUT2D eigenvalue weighted by Gasteiger charge is -2.27. The number of fused-ring (bicyclic) bond motifs is 6. The van der Waals surface area contributed by atoms with Crippen molar-refractivity contribution in [3.8, 4) is 55.6 Å². The highest BCUT2D eigenvalue weighted by Crippen LogP contribution is 2.51. The van der Waals surface area contributed by atoms with Crippen molar-refractivity contribution in [1.29, 1.82) is 0 Å². The van der Waals surface area contributed by atoms with Gasteiger partial charge in [0.2, 0.25) is 0 Å². The number of hydrogen-bond donors (Lipinski definition) is 0. The number of rotatable bonds is 7. The van der Waals surface area contributed by atoms with Crippen LogP contribution in [-0.2, 0) is 5.41 Å². The summed E-state index contributed by atoms with van der Waals surface area (Å²) in [5.41, 5.74) is 19.9. The molecule has 0 saturated heterocycles. The summed E-state index contributed by atoms with van der Waals surface area (Å²) in [6, 6.07) is 76.8. The summed E-state index contributed by atoms with van der Waals surface area (Å²) in [6.07, 6.45) is 0. The summed E-state index contributed by atoms with van der Waals surface area (Å²) in [5.74, 6) is 0. The number of anilines is 3. The molecule has 0 atom stereocenters. The molecule has 0 N–H and O–H groups in total. The zero-order valence-corrected chi connectivity index (χ0v) is 33.1. The van der Waals surface area contributed by atoms with Crippen LogP contribution in [0.1, 0.15) is 25.0 Å². The molecule has 0 saturated carbocycles. The fraction of sp³-hybridized carbons (Fsp3) is 0.0526. The van der Waals surface area contributed by atoms with E-state index >= 15 is 0 Å². The fourth-order valence-electron chi connectivity index (χ4n) is 9.28. The van der Waals surface area contributed by atoms with E-state index in [1.807, 2.05) is 12.1 Å². The van der Waals surface area contributed by atoms with Gasteiger partial charge in [-0.25, -0.2) is 0 Å². The monoisotopic (exact) mass is 755 g/mol. The molecular weight excluding hydrogens is 715 g/mol. The third-order valence-corrected chi connectivity index (χ3v) is 12.3. The van der Waals surface area contributed by atoms with Gasteiger partial charge in [-0.1, -0.05) is 166 Å². The third kappa shape index (κ3) is 5.96.